The standard InChI is InChI=1S/2C23H19F6.2CH3.2ClH.H2Si.Zr/c2*24-22(25,26)18-11-17(12-19(13-18)23(27,28)29)20-7-3-6-16-9-15(10-21(16)20)8-14-4-1-2-5-14;;;;;;/h2*3,6-7,9-14H,1-2,4-5,8H2;2*1H3;2*1H;1H2;. The van der Waals surface area contributed by atoms with Crippen LogP contribution in [0.3, 0.4) is 0 Å². The number of alkyl halides is 12. The zero-order chi connectivity index (χ0) is 44.8. The number of hydrogen-bond acceptors (Lipinski definition) is 0. The summed E-state index contributed by atoms with van der Waals surface area (Å²) < 4.78 is 174. The molecule has 0 radical (unpaired) electrons. The molecule has 0 aromatic heterocycles. The third-order valence-electron chi connectivity index (χ3n) is 14.0. The van der Waals surface area contributed by atoms with Gasteiger partial charge < -0.3 is 0 Å². The average molecular weight is 1040 g/mol. The molecule has 0 heterocycles. The maximum atomic E-state index is 14.2. The summed E-state index contributed by atoms with van der Waals surface area (Å²) >= 11 is -4.67. The normalized spacial score (nSPS) is 19.8. The molecule has 2 saturated carbocycles. The van der Waals surface area contributed by atoms with Crippen LogP contribution in [0, 0.1) is 11.8 Å². The Kier molecular flexibility index (Phi) is 14.0. The Hall–Kier alpha value is -2.80. The van der Waals surface area contributed by atoms with Crippen LogP contribution >= 0.6 is 24.8 Å². The van der Waals surface area contributed by atoms with Gasteiger partial charge in [-0.05, 0) is 0 Å². The van der Waals surface area contributed by atoms with Crippen LogP contribution < -0.4 is 0 Å². The second kappa shape index (κ2) is 17.7. The number of hydrogen-bond donors (Lipinski definition) is 0. The molecular weight excluding hydrogens is 995 g/mol. The van der Waals surface area contributed by atoms with Gasteiger partial charge in [0.05, 0.1) is 0 Å². The van der Waals surface area contributed by atoms with E-state index in [0.717, 1.165) is 97.9 Å². The van der Waals surface area contributed by atoms with Gasteiger partial charge in [-0.25, -0.2) is 0 Å². The molecule has 4 aromatic rings. The first-order valence-electron chi connectivity index (χ1n) is 21.1. The second-order valence-corrected chi connectivity index (χ2v) is 49.6. The minimum atomic E-state index is -5.04. The summed E-state index contributed by atoms with van der Waals surface area (Å²) in [7, 11) is 0. The zero-order valence-corrected chi connectivity index (χ0v) is 40.5. The third-order valence-corrected chi connectivity index (χ3v) is 31.5. The summed E-state index contributed by atoms with van der Waals surface area (Å²) in [6, 6.07) is 13.7. The van der Waals surface area contributed by atoms with Crippen molar-refractivity contribution in [1.82, 2.24) is 0 Å². The van der Waals surface area contributed by atoms with Crippen LogP contribution in [-0.2, 0) is 42.1 Å². The summed E-state index contributed by atoms with van der Waals surface area (Å²) in [5, 5.41) is 0. The Morgan fingerprint density at radius 2 is 0.781 bits per heavy atom. The Bertz CT molecular complexity index is 2310. The van der Waals surface area contributed by atoms with Crippen molar-refractivity contribution < 1.29 is 70.1 Å². The van der Waals surface area contributed by atoms with E-state index in [9.17, 15) is 52.7 Å². The summed E-state index contributed by atoms with van der Waals surface area (Å²) in [5.41, 5.74) is -0.442. The molecule has 2 unspecified atom stereocenters. The third kappa shape index (κ3) is 9.78. The molecule has 0 amide bonds. The van der Waals surface area contributed by atoms with Crippen LogP contribution in [0.1, 0.15) is 116 Å². The van der Waals surface area contributed by atoms with Gasteiger partial charge in [0, 0.05) is 0 Å². The van der Waals surface area contributed by atoms with E-state index in [4.69, 9.17) is 0 Å². The number of rotatable bonds is 8. The summed E-state index contributed by atoms with van der Waals surface area (Å²) in [6.45, 7) is 1.98. The second-order valence-electron chi connectivity index (χ2n) is 19.2. The molecular formula is C48H48Cl2F12SiZr. The van der Waals surface area contributed by atoms with Crippen LogP contribution in [0.15, 0.2) is 83.9 Å². The first-order chi connectivity index (χ1) is 28.8. The van der Waals surface area contributed by atoms with Gasteiger partial charge in [-0.2, -0.15) is 0 Å². The van der Waals surface area contributed by atoms with Crippen LogP contribution in [0.25, 0.3) is 34.4 Å². The Morgan fingerprint density at radius 1 is 0.484 bits per heavy atom. The van der Waals surface area contributed by atoms with Crippen molar-refractivity contribution in [2.24, 2.45) is 11.8 Å². The Labute approximate surface area is 379 Å². The zero-order valence-electron chi connectivity index (χ0n) is 35.0. The molecule has 0 N–H and O–H groups in total. The van der Waals surface area contributed by atoms with E-state index in [1.807, 2.05) is 31.2 Å². The molecule has 0 nitrogen and oxygen atoms in total. The molecule has 4 aliphatic rings. The van der Waals surface area contributed by atoms with Crippen molar-refractivity contribution in [2.45, 2.75) is 105 Å². The minimum absolute atomic E-state index is 0. The summed E-state index contributed by atoms with van der Waals surface area (Å²) in [5.74, 6) is 0.668. The van der Waals surface area contributed by atoms with Crippen molar-refractivity contribution >= 4 is 43.8 Å². The van der Waals surface area contributed by atoms with E-state index in [1.54, 1.807) is 24.3 Å². The maximum absolute atomic E-state index is 14.2. The van der Waals surface area contributed by atoms with Gasteiger partial charge >= 0.3 is 357 Å². The van der Waals surface area contributed by atoms with E-state index >= 15 is 0 Å². The molecule has 16 heteroatoms. The summed E-state index contributed by atoms with van der Waals surface area (Å²) in [4.78, 5) is 0. The molecule has 0 aliphatic heterocycles. The predicted molar refractivity (Wildman–Crippen MR) is 233 cm³/mol. The number of halogens is 14. The molecule has 0 bridgehead atoms. The van der Waals surface area contributed by atoms with Gasteiger partial charge in [0.15, 0.2) is 0 Å². The Balaban J connectivity index is 0.00000340. The fourth-order valence-electron chi connectivity index (χ4n) is 11.5. The van der Waals surface area contributed by atoms with Crippen molar-refractivity contribution in [1.29, 1.82) is 0 Å². The van der Waals surface area contributed by atoms with E-state index in [1.165, 1.54) is 0 Å². The first-order valence-corrected chi connectivity index (χ1v) is 34.8. The predicted octanol–water partition coefficient (Wildman–Crippen LogP) is 17.0. The van der Waals surface area contributed by atoms with Gasteiger partial charge in [0.2, 0.25) is 0 Å². The molecule has 4 aliphatic carbocycles. The van der Waals surface area contributed by atoms with Crippen LogP contribution in [0.2, 0.25) is 9.26 Å². The molecule has 2 atom stereocenters. The van der Waals surface area contributed by atoms with Crippen molar-refractivity contribution in [3.05, 3.63) is 128 Å². The molecule has 346 valence electrons. The quantitative estimate of drug-likeness (QED) is 0.122. The fraction of sp³-hybridized carbons (Fsp3) is 0.417. The molecule has 64 heavy (non-hydrogen) atoms. The number of benzene rings is 4. The molecule has 4 aromatic carbocycles. The topological polar surface area (TPSA) is 0 Å². The summed E-state index contributed by atoms with van der Waals surface area (Å²) in [6.07, 6.45) is -6.60. The molecule has 0 saturated heterocycles. The van der Waals surface area contributed by atoms with Gasteiger partial charge in [0.1, 0.15) is 0 Å². The average Bonchev–Trinajstić information content (AvgIpc) is 4.00. The van der Waals surface area contributed by atoms with E-state index in [2.05, 4.69) is 9.26 Å². The monoisotopic (exact) mass is 1040 g/mol. The van der Waals surface area contributed by atoms with Crippen molar-refractivity contribution in [3.8, 4) is 22.3 Å². The van der Waals surface area contributed by atoms with Crippen molar-refractivity contribution in [3.63, 3.8) is 0 Å². The number of allylic oxidation sites excluding steroid dienone is 2. The van der Waals surface area contributed by atoms with Gasteiger partial charge in [-0.3, -0.25) is 0 Å². The number of fused-ring (bicyclic) bond motifs is 2. The SMILES string of the molecule is Cl.Cl.[CH3][Zr]([CH3])(=[SiH2])([CH]1C(CC2CCCC2)=Cc2c(-c3cc(C(F)(F)F)cc(C(F)(F)F)c3)cccc21)[CH]1C(CC2CCCC2)=Cc2c(-c3cc(C(F)(F)F)cc(C(F)(F)F)c3)cccc21. The van der Waals surface area contributed by atoms with E-state index < -0.39 is 64.4 Å². The Morgan fingerprint density at radius 3 is 1.06 bits per heavy atom. The molecule has 2 fully saturated rings. The fourth-order valence-corrected chi connectivity index (χ4v) is 31.3. The van der Waals surface area contributed by atoms with Crippen LogP contribution in [0.4, 0.5) is 52.7 Å². The van der Waals surface area contributed by atoms with Gasteiger partial charge in [0.25, 0.3) is 0 Å². The molecule has 0 spiro atoms. The van der Waals surface area contributed by atoms with Gasteiger partial charge in [-0.15, -0.1) is 24.8 Å². The first kappa shape index (κ1) is 50.6. The van der Waals surface area contributed by atoms with E-state index in [0.29, 0.717) is 35.8 Å². The van der Waals surface area contributed by atoms with Gasteiger partial charge in [-0.1, -0.05) is 0 Å². The van der Waals surface area contributed by atoms with E-state index in [-0.39, 0.29) is 66.5 Å². The molecule has 8 rings (SSSR count). The van der Waals surface area contributed by atoms with Crippen molar-refractivity contribution in [2.75, 3.05) is 0 Å². The van der Waals surface area contributed by atoms with Crippen LogP contribution in [0.5, 0.6) is 0 Å². The van der Waals surface area contributed by atoms with Crippen LogP contribution in [-0.4, -0.2) is 6.88 Å².